The lowest BCUT2D eigenvalue weighted by atomic mass is 9.96. The molecule has 0 bridgehead atoms. The first-order chi connectivity index (χ1) is 14.5. The maximum absolute atomic E-state index is 12.7. The number of carbonyl (C=O) groups excluding carboxylic acids is 2. The highest BCUT2D eigenvalue weighted by Crippen LogP contribution is 2.43. The fourth-order valence-corrected chi connectivity index (χ4v) is 4.06. The summed E-state index contributed by atoms with van der Waals surface area (Å²) in [6, 6.07) is 11.4. The molecular weight excluding hydrogens is 396 g/mol. The zero-order valence-electron chi connectivity index (χ0n) is 16.6. The molecule has 3 aromatic rings. The van der Waals surface area contributed by atoms with Crippen molar-refractivity contribution in [1.82, 2.24) is 9.97 Å². The molecule has 1 aromatic carbocycles. The number of nitrogens with zero attached hydrogens (tertiary/aromatic N) is 2. The quantitative estimate of drug-likeness (QED) is 0.532. The number of benzene rings is 1. The van der Waals surface area contributed by atoms with Crippen molar-refractivity contribution in [3.8, 4) is 11.1 Å². The highest BCUT2D eigenvalue weighted by Gasteiger charge is 2.26. The number of hydrogen-bond acceptors (Lipinski definition) is 5. The molecule has 152 valence electrons. The van der Waals surface area contributed by atoms with Gasteiger partial charge in [-0.2, -0.15) is 0 Å². The second-order valence-corrected chi connectivity index (χ2v) is 8.37. The molecule has 1 fully saturated rings. The minimum Gasteiger partial charge on any atom is -0.307 e. The van der Waals surface area contributed by atoms with Crippen LogP contribution >= 0.6 is 11.3 Å². The van der Waals surface area contributed by atoms with Crippen LogP contribution in [0.5, 0.6) is 0 Å². The SMILES string of the molecule is C=CC(=O)Nc1ccc(-c2cccc([C@H](C)C(=O)Nc3ncc(C4CC4)s3)c2)cn1. The fourth-order valence-electron chi connectivity index (χ4n) is 3.07. The minimum absolute atomic E-state index is 0.0792. The molecule has 1 aliphatic carbocycles. The Balaban J connectivity index is 1.45. The van der Waals surface area contributed by atoms with Gasteiger partial charge >= 0.3 is 0 Å². The van der Waals surface area contributed by atoms with Gasteiger partial charge in [-0.15, -0.1) is 11.3 Å². The molecule has 1 atom stereocenters. The third-order valence-corrected chi connectivity index (χ3v) is 6.12. The summed E-state index contributed by atoms with van der Waals surface area (Å²) in [5.74, 6) is 0.386. The molecular formula is C23H22N4O2S. The maximum atomic E-state index is 12.7. The van der Waals surface area contributed by atoms with Crippen molar-refractivity contribution in [2.75, 3.05) is 10.6 Å². The number of thiazole rings is 1. The van der Waals surface area contributed by atoms with Gasteiger partial charge in [-0.25, -0.2) is 9.97 Å². The van der Waals surface area contributed by atoms with Crippen molar-refractivity contribution in [3.63, 3.8) is 0 Å². The first-order valence-corrected chi connectivity index (χ1v) is 10.6. The summed E-state index contributed by atoms with van der Waals surface area (Å²) in [7, 11) is 0. The molecule has 0 aliphatic heterocycles. The summed E-state index contributed by atoms with van der Waals surface area (Å²) in [5, 5.41) is 6.22. The summed E-state index contributed by atoms with van der Waals surface area (Å²) >= 11 is 1.56. The summed E-state index contributed by atoms with van der Waals surface area (Å²) in [6.45, 7) is 5.31. The molecule has 7 heteroatoms. The van der Waals surface area contributed by atoms with E-state index in [1.807, 2.05) is 43.5 Å². The predicted octanol–water partition coefficient (Wildman–Crippen LogP) is 4.95. The van der Waals surface area contributed by atoms with Crippen molar-refractivity contribution >= 4 is 34.1 Å². The van der Waals surface area contributed by atoms with Crippen LogP contribution in [0.2, 0.25) is 0 Å². The lowest BCUT2D eigenvalue weighted by molar-refractivity contribution is -0.117. The van der Waals surface area contributed by atoms with Crippen LogP contribution in [0.3, 0.4) is 0 Å². The van der Waals surface area contributed by atoms with Crippen LogP contribution in [0.4, 0.5) is 10.9 Å². The molecule has 0 saturated heterocycles. The van der Waals surface area contributed by atoms with E-state index in [0.717, 1.165) is 16.7 Å². The van der Waals surface area contributed by atoms with Crippen LogP contribution in [0.25, 0.3) is 11.1 Å². The third-order valence-electron chi connectivity index (χ3n) is 5.05. The molecule has 2 heterocycles. The Morgan fingerprint density at radius 2 is 1.97 bits per heavy atom. The van der Waals surface area contributed by atoms with Crippen LogP contribution in [0.1, 0.15) is 42.0 Å². The maximum Gasteiger partial charge on any atom is 0.248 e. The molecule has 0 unspecified atom stereocenters. The van der Waals surface area contributed by atoms with E-state index in [0.29, 0.717) is 16.9 Å². The smallest absolute Gasteiger partial charge is 0.248 e. The Hall–Kier alpha value is -3.32. The lowest BCUT2D eigenvalue weighted by Crippen LogP contribution is -2.18. The number of amides is 2. The van der Waals surface area contributed by atoms with Gasteiger partial charge in [0, 0.05) is 22.8 Å². The molecule has 1 aliphatic rings. The molecule has 1 saturated carbocycles. The standard InChI is InChI=1S/C23H22N4O2S/c1-3-21(28)26-20-10-9-18(12-24-20)17-6-4-5-16(11-17)14(2)22(29)27-23-25-13-19(30-23)15-7-8-15/h3-6,9-15H,1,7-8H2,2H3,(H,24,26,28)(H,25,27,29)/t14-/m0/s1. The molecule has 2 aromatic heterocycles. The molecule has 30 heavy (non-hydrogen) atoms. The van der Waals surface area contributed by atoms with E-state index in [9.17, 15) is 9.59 Å². The van der Waals surface area contributed by atoms with E-state index < -0.39 is 0 Å². The average molecular weight is 419 g/mol. The van der Waals surface area contributed by atoms with E-state index in [1.54, 1.807) is 23.6 Å². The number of rotatable bonds is 7. The van der Waals surface area contributed by atoms with E-state index in [1.165, 1.54) is 23.8 Å². The van der Waals surface area contributed by atoms with Crippen LogP contribution in [0.15, 0.2) is 61.4 Å². The van der Waals surface area contributed by atoms with Crippen molar-refractivity contribution in [3.05, 3.63) is 71.9 Å². The second kappa shape index (κ2) is 8.59. The van der Waals surface area contributed by atoms with Crippen LogP contribution in [-0.4, -0.2) is 21.8 Å². The third kappa shape index (κ3) is 4.63. The van der Waals surface area contributed by atoms with E-state index >= 15 is 0 Å². The lowest BCUT2D eigenvalue weighted by Gasteiger charge is -2.13. The number of carbonyl (C=O) groups is 2. The Kier molecular flexibility index (Phi) is 5.72. The average Bonchev–Trinajstić information content (AvgIpc) is 3.52. The normalized spacial score (nSPS) is 14.0. The number of anilines is 2. The molecule has 0 radical (unpaired) electrons. The van der Waals surface area contributed by atoms with Gasteiger partial charge in [-0.05, 0) is 55.0 Å². The van der Waals surface area contributed by atoms with Gasteiger partial charge in [0.2, 0.25) is 11.8 Å². The molecule has 4 rings (SSSR count). The van der Waals surface area contributed by atoms with Crippen molar-refractivity contribution in [1.29, 1.82) is 0 Å². The Morgan fingerprint density at radius 1 is 1.13 bits per heavy atom. The second-order valence-electron chi connectivity index (χ2n) is 7.30. The van der Waals surface area contributed by atoms with Crippen LogP contribution in [-0.2, 0) is 9.59 Å². The summed E-state index contributed by atoms with van der Waals surface area (Å²) in [6.07, 6.45) is 7.20. The predicted molar refractivity (Wildman–Crippen MR) is 120 cm³/mol. The monoisotopic (exact) mass is 418 g/mol. The molecule has 0 spiro atoms. The largest absolute Gasteiger partial charge is 0.307 e. The van der Waals surface area contributed by atoms with Gasteiger partial charge in [-0.1, -0.05) is 30.8 Å². The van der Waals surface area contributed by atoms with E-state index in [4.69, 9.17) is 0 Å². The summed E-state index contributed by atoms with van der Waals surface area (Å²) < 4.78 is 0. The molecule has 2 N–H and O–H groups in total. The van der Waals surface area contributed by atoms with Gasteiger partial charge < -0.3 is 10.6 Å². The molecule has 6 nitrogen and oxygen atoms in total. The van der Waals surface area contributed by atoms with Gasteiger partial charge in [0.25, 0.3) is 0 Å². The topological polar surface area (TPSA) is 84.0 Å². The van der Waals surface area contributed by atoms with Crippen LogP contribution in [0, 0.1) is 0 Å². The Morgan fingerprint density at radius 3 is 2.67 bits per heavy atom. The number of aromatic nitrogens is 2. The van der Waals surface area contributed by atoms with Crippen molar-refractivity contribution < 1.29 is 9.59 Å². The first kappa shape index (κ1) is 20.0. The Bertz CT molecular complexity index is 1090. The van der Waals surface area contributed by atoms with E-state index in [-0.39, 0.29) is 17.7 Å². The zero-order chi connectivity index (χ0) is 21.1. The zero-order valence-corrected chi connectivity index (χ0v) is 17.4. The van der Waals surface area contributed by atoms with Crippen molar-refractivity contribution in [2.24, 2.45) is 0 Å². The van der Waals surface area contributed by atoms with Gasteiger partial charge in [0.1, 0.15) is 5.82 Å². The van der Waals surface area contributed by atoms with E-state index in [2.05, 4.69) is 27.2 Å². The molecule has 2 amide bonds. The van der Waals surface area contributed by atoms with Gasteiger partial charge in [0.15, 0.2) is 5.13 Å². The summed E-state index contributed by atoms with van der Waals surface area (Å²) in [5.41, 5.74) is 2.76. The van der Waals surface area contributed by atoms with Crippen molar-refractivity contribution in [2.45, 2.75) is 31.6 Å². The fraction of sp³-hybridized carbons (Fsp3) is 0.217. The van der Waals surface area contributed by atoms with Crippen LogP contribution < -0.4 is 10.6 Å². The number of hydrogen-bond donors (Lipinski definition) is 2. The first-order valence-electron chi connectivity index (χ1n) is 9.80. The van der Waals surface area contributed by atoms with Gasteiger partial charge in [-0.3, -0.25) is 9.59 Å². The Labute approximate surface area is 179 Å². The summed E-state index contributed by atoms with van der Waals surface area (Å²) in [4.78, 5) is 34.0. The highest BCUT2D eigenvalue weighted by atomic mass is 32.1. The number of pyridine rings is 1. The van der Waals surface area contributed by atoms with Gasteiger partial charge in [0.05, 0.1) is 5.92 Å². The minimum atomic E-state index is -0.322. The number of nitrogens with one attached hydrogen (secondary N) is 2. The highest BCUT2D eigenvalue weighted by molar-refractivity contribution is 7.15.